The summed E-state index contributed by atoms with van der Waals surface area (Å²) >= 11 is 0. The van der Waals surface area contributed by atoms with E-state index >= 15 is 0 Å². The summed E-state index contributed by atoms with van der Waals surface area (Å²) in [6.07, 6.45) is 14.6. The maximum absolute atomic E-state index is 13.3. The van der Waals surface area contributed by atoms with Gasteiger partial charge in [-0.3, -0.25) is 14.4 Å². The first-order chi connectivity index (χ1) is 18.9. The van der Waals surface area contributed by atoms with E-state index in [-0.39, 0.29) is 11.9 Å². The number of fused-ring (bicyclic) bond motifs is 1. The Balaban J connectivity index is 1.14. The molecule has 0 radical (unpaired) electrons. The highest BCUT2D eigenvalue weighted by Gasteiger charge is 2.38. The van der Waals surface area contributed by atoms with Gasteiger partial charge in [0, 0.05) is 43.0 Å². The predicted molar refractivity (Wildman–Crippen MR) is 152 cm³/mol. The molecular formula is C30H46N6O3. The van der Waals surface area contributed by atoms with Crippen molar-refractivity contribution in [2.24, 2.45) is 12.5 Å². The molecule has 1 amide bonds. The van der Waals surface area contributed by atoms with Crippen molar-refractivity contribution in [3.05, 3.63) is 41.3 Å². The molecule has 4 rings (SSSR count). The van der Waals surface area contributed by atoms with Crippen LogP contribution in [-0.2, 0) is 40.8 Å². The molecule has 2 aromatic rings. The standard InChI is InChI=1S/C30H46N6O3/c1-30(15-18-36(19-16-30)22-23-20-32-35(2)21-23)29(38)34-26(28(37)39-3)12-8-6-4-5-7-11-25-14-13-24-10-9-17-31-27(24)33-25/h13-14,20-21,26H,4-12,15-19,22H2,1-3H3,(H,31,33)(H,34,38)/t26-/m0/s1. The van der Waals surface area contributed by atoms with Gasteiger partial charge in [-0.1, -0.05) is 38.7 Å². The van der Waals surface area contributed by atoms with Crippen LogP contribution < -0.4 is 10.6 Å². The fraction of sp³-hybridized carbons (Fsp3) is 0.667. The zero-order valence-corrected chi connectivity index (χ0v) is 24.0. The van der Waals surface area contributed by atoms with Crippen molar-refractivity contribution in [2.45, 2.75) is 90.1 Å². The number of carbonyl (C=O) groups excluding carboxylic acids is 2. The first kappa shape index (κ1) is 29.1. The van der Waals surface area contributed by atoms with Gasteiger partial charge in [0.25, 0.3) is 0 Å². The summed E-state index contributed by atoms with van der Waals surface area (Å²) in [4.78, 5) is 32.9. The summed E-state index contributed by atoms with van der Waals surface area (Å²) in [5.41, 5.74) is 3.20. The number of nitrogens with one attached hydrogen (secondary N) is 2. The van der Waals surface area contributed by atoms with E-state index in [1.54, 1.807) is 0 Å². The monoisotopic (exact) mass is 538 g/mol. The molecule has 214 valence electrons. The summed E-state index contributed by atoms with van der Waals surface area (Å²) in [7, 11) is 3.32. The number of anilines is 1. The predicted octanol–water partition coefficient (Wildman–Crippen LogP) is 4.02. The molecule has 0 bridgehead atoms. The third-order valence-electron chi connectivity index (χ3n) is 8.34. The van der Waals surface area contributed by atoms with Crippen LogP contribution in [0.2, 0.25) is 0 Å². The minimum atomic E-state index is -0.583. The number of rotatable bonds is 13. The van der Waals surface area contributed by atoms with Gasteiger partial charge in [-0.05, 0) is 69.7 Å². The number of aromatic nitrogens is 3. The van der Waals surface area contributed by atoms with Crippen molar-refractivity contribution >= 4 is 17.7 Å². The number of methoxy groups -OCH3 is 1. The van der Waals surface area contributed by atoms with E-state index in [0.717, 1.165) is 95.5 Å². The lowest BCUT2D eigenvalue weighted by atomic mass is 9.79. The number of hydrogen-bond acceptors (Lipinski definition) is 7. The van der Waals surface area contributed by atoms with E-state index in [0.29, 0.717) is 6.42 Å². The number of unbranched alkanes of at least 4 members (excludes halogenated alkanes) is 4. The average molecular weight is 539 g/mol. The number of esters is 1. The van der Waals surface area contributed by atoms with Gasteiger partial charge < -0.3 is 15.4 Å². The summed E-state index contributed by atoms with van der Waals surface area (Å²) in [5.74, 6) is 0.679. The van der Waals surface area contributed by atoms with Crippen molar-refractivity contribution < 1.29 is 14.3 Å². The molecule has 39 heavy (non-hydrogen) atoms. The van der Waals surface area contributed by atoms with E-state index in [2.05, 4.69) is 32.8 Å². The Morgan fingerprint density at radius 2 is 1.92 bits per heavy atom. The Morgan fingerprint density at radius 1 is 1.15 bits per heavy atom. The van der Waals surface area contributed by atoms with Crippen LogP contribution in [0.15, 0.2) is 24.5 Å². The Hall–Kier alpha value is -2.94. The molecule has 2 aromatic heterocycles. The maximum Gasteiger partial charge on any atom is 0.328 e. The lowest BCUT2D eigenvalue weighted by Gasteiger charge is -2.38. The third-order valence-corrected chi connectivity index (χ3v) is 8.34. The number of piperidine rings is 1. The van der Waals surface area contributed by atoms with Gasteiger partial charge in [0.15, 0.2) is 0 Å². The third kappa shape index (κ3) is 8.27. The van der Waals surface area contributed by atoms with Crippen molar-refractivity contribution in [2.75, 3.05) is 32.1 Å². The number of aryl methyl sites for hydroxylation is 3. The second kappa shape index (κ2) is 13.9. The van der Waals surface area contributed by atoms with Crippen LogP contribution in [0, 0.1) is 5.41 Å². The number of hydrogen-bond donors (Lipinski definition) is 2. The lowest BCUT2D eigenvalue weighted by molar-refractivity contribution is -0.147. The first-order valence-corrected chi connectivity index (χ1v) is 14.7. The van der Waals surface area contributed by atoms with Crippen LogP contribution in [0.25, 0.3) is 0 Å². The quantitative estimate of drug-likeness (QED) is 0.293. The number of amides is 1. The Morgan fingerprint density at radius 3 is 2.67 bits per heavy atom. The van der Waals surface area contributed by atoms with Crippen molar-refractivity contribution in [3.8, 4) is 0 Å². The number of nitrogens with zero attached hydrogens (tertiary/aromatic N) is 4. The molecule has 4 heterocycles. The highest BCUT2D eigenvalue weighted by molar-refractivity contribution is 5.87. The second-order valence-electron chi connectivity index (χ2n) is 11.6. The average Bonchev–Trinajstić information content (AvgIpc) is 3.36. The Bertz CT molecular complexity index is 1090. The zero-order valence-electron chi connectivity index (χ0n) is 24.0. The van der Waals surface area contributed by atoms with Crippen LogP contribution >= 0.6 is 0 Å². The number of ether oxygens (including phenoxy) is 1. The number of likely N-dealkylation sites (tertiary alicyclic amines) is 1. The molecule has 9 nitrogen and oxygen atoms in total. The van der Waals surface area contributed by atoms with Gasteiger partial charge in [-0.2, -0.15) is 5.10 Å². The van der Waals surface area contributed by atoms with Crippen LogP contribution in [0.1, 0.15) is 81.5 Å². The highest BCUT2D eigenvalue weighted by Crippen LogP contribution is 2.32. The minimum Gasteiger partial charge on any atom is -0.467 e. The van der Waals surface area contributed by atoms with Crippen molar-refractivity contribution in [3.63, 3.8) is 0 Å². The molecule has 2 aliphatic heterocycles. The lowest BCUT2D eigenvalue weighted by Crippen LogP contribution is -2.51. The second-order valence-corrected chi connectivity index (χ2v) is 11.6. The molecule has 9 heteroatoms. The SMILES string of the molecule is COC(=O)[C@H](CCCCCCCc1ccc2c(n1)NCCC2)NC(=O)C1(C)CCN(Cc2cnn(C)c2)CC1. The van der Waals surface area contributed by atoms with Crippen LogP contribution in [0.4, 0.5) is 5.82 Å². The molecule has 2 aliphatic rings. The largest absolute Gasteiger partial charge is 0.467 e. The summed E-state index contributed by atoms with van der Waals surface area (Å²) in [6.45, 7) is 5.57. The van der Waals surface area contributed by atoms with E-state index in [4.69, 9.17) is 9.72 Å². The highest BCUT2D eigenvalue weighted by atomic mass is 16.5. The summed E-state index contributed by atoms with van der Waals surface area (Å²) < 4.78 is 6.84. The Kier molecular flexibility index (Phi) is 10.4. The van der Waals surface area contributed by atoms with Crippen molar-refractivity contribution in [1.82, 2.24) is 25.0 Å². The molecule has 0 spiro atoms. The summed E-state index contributed by atoms with van der Waals surface area (Å²) in [6, 6.07) is 3.80. The molecular weight excluding hydrogens is 492 g/mol. The summed E-state index contributed by atoms with van der Waals surface area (Å²) in [5, 5.41) is 10.7. The minimum absolute atomic E-state index is 0.0361. The van der Waals surface area contributed by atoms with Crippen LogP contribution in [0.3, 0.4) is 0 Å². The van der Waals surface area contributed by atoms with E-state index in [9.17, 15) is 9.59 Å². The molecule has 2 N–H and O–H groups in total. The molecule has 1 atom stereocenters. The van der Waals surface area contributed by atoms with Crippen LogP contribution in [-0.4, -0.2) is 64.3 Å². The van der Waals surface area contributed by atoms with Crippen LogP contribution in [0.5, 0.6) is 0 Å². The maximum atomic E-state index is 13.3. The molecule has 0 aromatic carbocycles. The van der Waals surface area contributed by atoms with E-state index in [1.165, 1.54) is 24.7 Å². The fourth-order valence-electron chi connectivity index (χ4n) is 5.66. The first-order valence-electron chi connectivity index (χ1n) is 14.7. The van der Waals surface area contributed by atoms with E-state index in [1.807, 2.05) is 31.0 Å². The van der Waals surface area contributed by atoms with E-state index < -0.39 is 11.5 Å². The zero-order chi connectivity index (χ0) is 27.7. The fourth-order valence-corrected chi connectivity index (χ4v) is 5.66. The van der Waals surface area contributed by atoms with Gasteiger partial charge in [-0.25, -0.2) is 9.78 Å². The molecule has 1 fully saturated rings. The normalized spacial score (nSPS) is 17.6. The molecule has 0 aliphatic carbocycles. The number of carbonyl (C=O) groups is 2. The van der Waals surface area contributed by atoms with Crippen molar-refractivity contribution in [1.29, 1.82) is 0 Å². The molecule has 0 unspecified atom stereocenters. The van der Waals surface area contributed by atoms with Gasteiger partial charge in [0.05, 0.1) is 13.3 Å². The Labute approximate surface area is 233 Å². The topological polar surface area (TPSA) is 101 Å². The smallest absolute Gasteiger partial charge is 0.328 e. The molecule has 1 saturated heterocycles. The van der Waals surface area contributed by atoms with Gasteiger partial charge in [0.1, 0.15) is 11.9 Å². The van der Waals surface area contributed by atoms with Gasteiger partial charge in [-0.15, -0.1) is 0 Å². The molecule has 0 saturated carbocycles. The van der Waals surface area contributed by atoms with Gasteiger partial charge >= 0.3 is 5.97 Å². The number of pyridine rings is 1. The van der Waals surface area contributed by atoms with Gasteiger partial charge in [0.2, 0.25) is 5.91 Å².